The first-order chi connectivity index (χ1) is 9.78. The van der Waals surface area contributed by atoms with Gasteiger partial charge in [-0.05, 0) is 63.1 Å². The molecule has 0 aliphatic rings. The number of sulfonamides is 1. The molecule has 6 heteroatoms. The molecule has 0 saturated heterocycles. The fraction of sp³-hybridized carbons (Fsp3) is 0.333. The Morgan fingerprint density at radius 2 is 1.95 bits per heavy atom. The number of thiophene rings is 1. The third kappa shape index (κ3) is 4.06. The van der Waals surface area contributed by atoms with Crippen LogP contribution in [-0.2, 0) is 16.4 Å². The Bertz CT molecular complexity index is 736. The zero-order chi connectivity index (χ0) is 15.6. The molecular formula is C15H20N2O2S2. The highest BCUT2D eigenvalue weighted by Crippen LogP contribution is 2.19. The summed E-state index contributed by atoms with van der Waals surface area (Å²) in [4.78, 5) is 2.66. The second kappa shape index (κ2) is 6.17. The van der Waals surface area contributed by atoms with Crippen LogP contribution in [0, 0.1) is 13.8 Å². The van der Waals surface area contributed by atoms with E-state index in [0.717, 1.165) is 5.56 Å². The van der Waals surface area contributed by atoms with Crippen molar-refractivity contribution in [2.24, 2.45) is 0 Å². The van der Waals surface area contributed by atoms with E-state index < -0.39 is 10.0 Å². The zero-order valence-corrected chi connectivity index (χ0v) is 14.0. The van der Waals surface area contributed by atoms with Crippen LogP contribution in [0.25, 0.3) is 0 Å². The number of nitrogens with one attached hydrogen (secondary N) is 1. The van der Waals surface area contributed by atoms with Crippen molar-refractivity contribution in [3.8, 4) is 0 Å². The van der Waals surface area contributed by atoms with E-state index in [1.54, 1.807) is 30.4 Å². The van der Waals surface area contributed by atoms with Crippen LogP contribution in [0.15, 0.2) is 35.2 Å². The Labute approximate surface area is 130 Å². The lowest BCUT2D eigenvalue weighted by Gasteiger charge is -2.14. The van der Waals surface area contributed by atoms with Crippen molar-refractivity contribution < 1.29 is 8.42 Å². The van der Waals surface area contributed by atoms with Crippen molar-refractivity contribution in [3.63, 3.8) is 0 Å². The molecule has 0 aliphatic heterocycles. The van der Waals surface area contributed by atoms with Crippen LogP contribution in [0.1, 0.15) is 22.2 Å². The maximum atomic E-state index is 12.4. The van der Waals surface area contributed by atoms with Crippen LogP contribution >= 0.6 is 11.3 Å². The summed E-state index contributed by atoms with van der Waals surface area (Å²) in [6, 6.07) is 8.68. The Kier molecular flexibility index (Phi) is 4.70. The largest absolute Gasteiger partial charge is 0.399 e. The smallest absolute Gasteiger partial charge is 0.240 e. The molecule has 1 unspecified atom stereocenters. The van der Waals surface area contributed by atoms with Gasteiger partial charge in [-0.3, -0.25) is 0 Å². The van der Waals surface area contributed by atoms with Crippen LogP contribution in [-0.4, -0.2) is 14.5 Å². The molecule has 1 aromatic heterocycles. The molecule has 0 bridgehead atoms. The Balaban J connectivity index is 2.11. The minimum atomic E-state index is -3.51. The quantitative estimate of drug-likeness (QED) is 0.831. The number of nitrogen functional groups attached to an aromatic ring is 1. The molecule has 0 amide bonds. The fourth-order valence-corrected chi connectivity index (χ4v) is 4.43. The van der Waals surface area contributed by atoms with E-state index in [0.29, 0.717) is 12.1 Å². The summed E-state index contributed by atoms with van der Waals surface area (Å²) in [7, 11) is -3.51. The highest BCUT2D eigenvalue weighted by molar-refractivity contribution is 7.89. The van der Waals surface area contributed by atoms with E-state index in [4.69, 9.17) is 5.73 Å². The highest BCUT2D eigenvalue weighted by Gasteiger charge is 2.18. The fourth-order valence-electron chi connectivity index (χ4n) is 2.09. The van der Waals surface area contributed by atoms with Gasteiger partial charge in [0.2, 0.25) is 10.0 Å². The summed E-state index contributed by atoms with van der Waals surface area (Å²) < 4.78 is 27.4. The van der Waals surface area contributed by atoms with Crippen LogP contribution in [0.3, 0.4) is 0 Å². The van der Waals surface area contributed by atoms with Gasteiger partial charge in [0.1, 0.15) is 0 Å². The topological polar surface area (TPSA) is 72.2 Å². The molecule has 0 aliphatic carbocycles. The van der Waals surface area contributed by atoms with Crippen molar-refractivity contribution >= 4 is 27.0 Å². The van der Waals surface area contributed by atoms with Gasteiger partial charge < -0.3 is 5.73 Å². The molecule has 2 rings (SSSR count). The summed E-state index contributed by atoms with van der Waals surface area (Å²) >= 11 is 1.69. The van der Waals surface area contributed by atoms with Crippen LogP contribution < -0.4 is 10.5 Å². The number of anilines is 1. The summed E-state index contributed by atoms with van der Waals surface area (Å²) in [6.07, 6.45) is 0.686. The predicted molar refractivity (Wildman–Crippen MR) is 88.1 cm³/mol. The van der Waals surface area contributed by atoms with E-state index in [2.05, 4.69) is 4.72 Å². The molecule has 0 radical (unpaired) electrons. The predicted octanol–water partition coefficient (Wildman–Crippen LogP) is 2.86. The monoisotopic (exact) mass is 324 g/mol. The zero-order valence-electron chi connectivity index (χ0n) is 12.4. The molecule has 2 aromatic rings. The number of hydrogen-bond acceptors (Lipinski definition) is 4. The van der Waals surface area contributed by atoms with Gasteiger partial charge in [0.25, 0.3) is 0 Å². The number of rotatable bonds is 5. The molecule has 0 saturated carbocycles. The molecular weight excluding hydrogens is 304 g/mol. The first-order valence-electron chi connectivity index (χ1n) is 6.72. The molecule has 4 nitrogen and oxygen atoms in total. The second-order valence-electron chi connectivity index (χ2n) is 5.26. The number of nitrogens with two attached hydrogens (primary N) is 1. The van der Waals surface area contributed by atoms with Crippen molar-refractivity contribution in [1.82, 2.24) is 4.72 Å². The van der Waals surface area contributed by atoms with Gasteiger partial charge in [0, 0.05) is 21.5 Å². The first-order valence-corrected chi connectivity index (χ1v) is 9.01. The number of benzene rings is 1. The normalized spacial score (nSPS) is 13.3. The molecule has 0 fully saturated rings. The molecule has 114 valence electrons. The third-order valence-corrected chi connectivity index (χ3v) is 5.82. The first kappa shape index (κ1) is 16.0. The van der Waals surface area contributed by atoms with E-state index >= 15 is 0 Å². The highest BCUT2D eigenvalue weighted by atomic mass is 32.2. The lowest BCUT2D eigenvalue weighted by Crippen LogP contribution is -2.34. The van der Waals surface area contributed by atoms with Crippen molar-refractivity contribution in [1.29, 1.82) is 0 Å². The van der Waals surface area contributed by atoms with Gasteiger partial charge in [-0.1, -0.05) is 0 Å². The number of aryl methyl sites for hydroxylation is 2. The van der Waals surface area contributed by atoms with Crippen LogP contribution in [0.2, 0.25) is 0 Å². The lowest BCUT2D eigenvalue weighted by molar-refractivity contribution is 0.560. The van der Waals surface area contributed by atoms with Gasteiger partial charge in [-0.15, -0.1) is 11.3 Å². The van der Waals surface area contributed by atoms with Crippen molar-refractivity contribution in [2.45, 2.75) is 38.1 Å². The van der Waals surface area contributed by atoms with Gasteiger partial charge in [0.15, 0.2) is 0 Å². The summed E-state index contributed by atoms with van der Waals surface area (Å²) in [5.41, 5.74) is 7.08. The second-order valence-corrected chi connectivity index (χ2v) is 8.34. The van der Waals surface area contributed by atoms with Crippen LogP contribution in [0.4, 0.5) is 5.69 Å². The minimum Gasteiger partial charge on any atom is -0.399 e. The van der Waals surface area contributed by atoms with E-state index in [1.807, 2.05) is 26.0 Å². The van der Waals surface area contributed by atoms with E-state index in [1.165, 1.54) is 15.8 Å². The molecule has 1 atom stereocenters. The maximum Gasteiger partial charge on any atom is 0.240 e. The summed E-state index contributed by atoms with van der Waals surface area (Å²) in [5.74, 6) is 0. The Morgan fingerprint density at radius 3 is 2.52 bits per heavy atom. The summed E-state index contributed by atoms with van der Waals surface area (Å²) in [6.45, 7) is 5.71. The van der Waals surface area contributed by atoms with Gasteiger partial charge in [-0.25, -0.2) is 13.1 Å². The maximum absolute atomic E-state index is 12.4. The van der Waals surface area contributed by atoms with Gasteiger partial charge >= 0.3 is 0 Å². The van der Waals surface area contributed by atoms with E-state index in [-0.39, 0.29) is 10.9 Å². The van der Waals surface area contributed by atoms with Gasteiger partial charge in [0.05, 0.1) is 4.90 Å². The van der Waals surface area contributed by atoms with Crippen molar-refractivity contribution in [3.05, 3.63) is 45.6 Å². The minimum absolute atomic E-state index is 0.161. The standard InChI is InChI=1S/C15H20N2O2S2/c1-10-8-14(6-7-15(10)16)21(18,19)17-11(2)9-13-5-4-12(3)20-13/h4-8,11,17H,9,16H2,1-3H3. The molecule has 3 N–H and O–H groups in total. The summed E-state index contributed by atoms with van der Waals surface area (Å²) in [5, 5.41) is 0. The molecule has 1 heterocycles. The molecule has 21 heavy (non-hydrogen) atoms. The molecule has 1 aromatic carbocycles. The average Bonchev–Trinajstić information content (AvgIpc) is 2.77. The van der Waals surface area contributed by atoms with Crippen molar-refractivity contribution in [2.75, 3.05) is 5.73 Å². The van der Waals surface area contributed by atoms with E-state index in [9.17, 15) is 8.42 Å². The lowest BCUT2D eigenvalue weighted by atomic mass is 10.2. The Morgan fingerprint density at radius 1 is 1.24 bits per heavy atom. The average molecular weight is 324 g/mol. The third-order valence-electron chi connectivity index (χ3n) is 3.21. The SMILES string of the molecule is Cc1ccc(CC(C)NS(=O)(=O)c2ccc(N)c(C)c2)s1. The Hall–Kier alpha value is -1.37. The number of hydrogen-bond donors (Lipinski definition) is 2. The van der Waals surface area contributed by atoms with Gasteiger partial charge in [-0.2, -0.15) is 0 Å². The molecule has 0 spiro atoms. The van der Waals surface area contributed by atoms with Crippen LogP contribution in [0.5, 0.6) is 0 Å².